The molecule has 0 aliphatic rings. The van der Waals surface area contributed by atoms with E-state index < -0.39 is 0 Å². The van der Waals surface area contributed by atoms with Crippen LogP contribution in [0.5, 0.6) is 0 Å². The lowest BCUT2D eigenvalue weighted by Crippen LogP contribution is -2.17. The van der Waals surface area contributed by atoms with Crippen LogP contribution in [0, 0.1) is 19.8 Å². The summed E-state index contributed by atoms with van der Waals surface area (Å²) in [4.78, 5) is 0. The van der Waals surface area contributed by atoms with E-state index in [0.717, 1.165) is 19.0 Å². The van der Waals surface area contributed by atoms with Crippen molar-refractivity contribution in [2.24, 2.45) is 5.92 Å². The Morgan fingerprint density at radius 3 is 2.47 bits per heavy atom. The van der Waals surface area contributed by atoms with Crippen molar-refractivity contribution in [3.63, 3.8) is 0 Å². The number of alkyl halides is 1. The van der Waals surface area contributed by atoms with Gasteiger partial charge < -0.3 is 5.32 Å². The van der Waals surface area contributed by atoms with Gasteiger partial charge in [0.15, 0.2) is 0 Å². The SMILES string of the molecule is Cc1cccc(C)c1CNCCCC(C)CCl. The van der Waals surface area contributed by atoms with Gasteiger partial charge in [0.05, 0.1) is 0 Å². The molecular formula is C15H24ClN. The maximum absolute atomic E-state index is 5.78. The van der Waals surface area contributed by atoms with Crippen LogP contribution in [0.2, 0.25) is 0 Å². The van der Waals surface area contributed by atoms with E-state index in [-0.39, 0.29) is 0 Å². The molecule has 0 spiro atoms. The number of aryl methyl sites for hydroxylation is 2. The lowest BCUT2D eigenvalue weighted by atomic mass is 10.0. The molecule has 1 nitrogen and oxygen atoms in total. The molecule has 1 unspecified atom stereocenters. The molecule has 0 amide bonds. The molecule has 1 aromatic carbocycles. The van der Waals surface area contributed by atoms with Gasteiger partial charge in [-0.15, -0.1) is 11.6 Å². The van der Waals surface area contributed by atoms with Crippen LogP contribution in [0.4, 0.5) is 0 Å². The van der Waals surface area contributed by atoms with Gasteiger partial charge in [-0.25, -0.2) is 0 Å². The van der Waals surface area contributed by atoms with Gasteiger partial charge in [-0.1, -0.05) is 25.1 Å². The van der Waals surface area contributed by atoms with Gasteiger partial charge >= 0.3 is 0 Å². The second-order valence-electron chi connectivity index (χ2n) is 4.95. The first kappa shape index (κ1) is 14.5. The summed E-state index contributed by atoms with van der Waals surface area (Å²) >= 11 is 5.78. The third-order valence-corrected chi connectivity index (χ3v) is 3.79. The highest BCUT2D eigenvalue weighted by molar-refractivity contribution is 6.18. The minimum Gasteiger partial charge on any atom is -0.313 e. The molecule has 0 aliphatic heterocycles. The lowest BCUT2D eigenvalue weighted by molar-refractivity contribution is 0.531. The molecule has 0 saturated heterocycles. The monoisotopic (exact) mass is 253 g/mol. The van der Waals surface area contributed by atoms with Gasteiger partial charge in [0.2, 0.25) is 0 Å². The van der Waals surface area contributed by atoms with Gasteiger partial charge in [0, 0.05) is 12.4 Å². The summed E-state index contributed by atoms with van der Waals surface area (Å²) in [6.45, 7) is 8.63. The van der Waals surface area contributed by atoms with Gasteiger partial charge in [-0.05, 0) is 55.8 Å². The van der Waals surface area contributed by atoms with E-state index in [1.165, 1.54) is 29.5 Å². The Bertz CT molecular complexity index is 315. The molecule has 1 rings (SSSR count). The Labute approximate surface area is 111 Å². The van der Waals surface area contributed by atoms with Crippen molar-refractivity contribution in [2.45, 2.75) is 40.2 Å². The average molecular weight is 254 g/mol. The Balaban J connectivity index is 2.27. The highest BCUT2D eigenvalue weighted by atomic mass is 35.5. The Morgan fingerprint density at radius 2 is 1.88 bits per heavy atom. The average Bonchev–Trinajstić information content (AvgIpc) is 2.31. The fourth-order valence-electron chi connectivity index (χ4n) is 1.99. The smallest absolute Gasteiger partial charge is 0.0249 e. The van der Waals surface area contributed by atoms with Crippen LogP contribution in [0.15, 0.2) is 18.2 Å². The first-order valence-electron chi connectivity index (χ1n) is 6.47. The van der Waals surface area contributed by atoms with E-state index in [2.05, 4.69) is 44.3 Å². The molecule has 0 fully saturated rings. The summed E-state index contributed by atoms with van der Waals surface area (Å²) in [6, 6.07) is 6.48. The number of benzene rings is 1. The summed E-state index contributed by atoms with van der Waals surface area (Å²) in [5, 5.41) is 3.52. The molecule has 1 atom stereocenters. The van der Waals surface area contributed by atoms with Crippen molar-refractivity contribution in [2.75, 3.05) is 12.4 Å². The number of hydrogen-bond donors (Lipinski definition) is 1. The highest BCUT2D eigenvalue weighted by Gasteiger charge is 2.02. The number of hydrogen-bond acceptors (Lipinski definition) is 1. The number of halogens is 1. The van der Waals surface area contributed by atoms with Gasteiger partial charge in [-0.3, -0.25) is 0 Å². The van der Waals surface area contributed by atoms with Gasteiger partial charge in [0.25, 0.3) is 0 Å². The fraction of sp³-hybridized carbons (Fsp3) is 0.600. The van der Waals surface area contributed by atoms with E-state index >= 15 is 0 Å². The molecule has 2 heteroatoms. The summed E-state index contributed by atoms with van der Waals surface area (Å²) in [5.41, 5.74) is 4.20. The maximum Gasteiger partial charge on any atom is 0.0249 e. The lowest BCUT2D eigenvalue weighted by Gasteiger charge is -2.11. The maximum atomic E-state index is 5.78. The Hall–Kier alpha value is -0.530. The van der Waals surface area contributed by atoms with Crippen LogP contribution in [0.1, 0.15) is 36.5 Å². The quantitative estimate of drug-likeness (QED) is 0.571. The van der Waals surface area contributed by atoms with Gasteiger partial charge in [-0.2, -0.15) is 0 Å². The summed E-state index contributed by atoms with van der Waals surface area (Å²) in [7, 11) is 0. The van der Waals surface area contributed by atoms with Crippen LogP contribution >= 0.6 is 11.6 Å². The van der Waals surface area contributed by atoms with Crippen LogP contribution in [0.25, 0.3) is 0 Å². The highest BCUT2D eigenvalue weighted by Crippen LogP contribution is 2.13. The fourth-order valence-corrected chi connectivity index (χ4v) is 2.15. The van der Waals surface area contributed by atoms with E-state index in [1.807, 2.05) is 0 Å². The van der Waals surface area contributed by atoms with Crippen LogP contribution < -0.4 is 5.32 Å². The van der Waals surface area contributed by atoms with Crippen LogP contribution in [0.3, 0.4) is 0 Å². The van der Waals surface area contributed by atoms with Crippen molar-refractivity contribution in [1.29, 1.82) is 0 Å². The normalized spacial score (nSPS) is 12.7. The molecule has 0 heterocycles. The zero-order chi connectivity index (χ0) is 12.7. The number of rotatable bonds is 7. The van der Waals surface area contributed by atoms with Crippen molar-refractivity contribution in [3.05, 3.63) is 34.9 Å². The van der Waals surface area contributed by atoms with E-state index in [0.29, 0.717) is 5.92 Å². The summed E-state index contributed by atoms with van der Waals surface area (Å²) in [6.07, 6.45) is 2.42. The molecule has 96 valence electrons. The molecule has 0 aromatic heterocycles. The predicted octanol–water partition coefficient (Wildman–Crippen LogP) is 4.05. The molecule has 1 N–H and O–H groups in total. The van der Waals surface area contributed by atoms with Crippen molar-refractivity contribution in [1.82, 2.24) is 5.32 Å². The molecular weight excluding hydrogens is 230 g/mol. The van der Waals surface area contributed by atoms with Crippen LogP contribution in [-0.4, -0.2) is 12.4 Å². The molecule has 1 aromatic rings. The molecule has 0 saturated carbocycles. The molecule has 0 aliphatic carbocycles. The first-order valence-corrected chi connectivity index (χ1v) is 7.00. The van der Waals surface area contributed by atoms with E-state index in [9.17, 15) is 0 Å². The third-order valence-electron chi connectivity index (χ3n) is 3.26. The van der Waals surface area contributed by atoms with E-state index in [1.54, 1.807) is 0 Å². The largest absolute Gasteiger partial charge is 0.313 e. The minimum absolute atomic E-state index is 0.638. The second kappa shape index (κ2) is 7.73. The Kier molecular flexibility index (Phi) is 6.61. The predicted molar refractivity (Wildman–Crippen MR) is 76.7 cm³/mol. The van der Waals surface area contributed by atoms with Crippen molar-refractivity contribution >= 4 is 11.6 Å². The summed E-state index contributed by atoms with van der Waals surface area (Å²) < 4.78 is 0. The second-order valence-corrected chi connectivity index (χ2v) is 5.26. The topological polar surface area (TPSA) is 12.0 Å². The zero-order valence-corrected chi connectivity index (χ0v) is 12.0. The number of nitrogens with one attached hydrogen (secondary N) is 1. The third kappa shape index (κ3) is 5.10. The Morgan fingerprint density at radius 1 is 1.24 bits per heavy atom. The molecule has 0 bridgehead atoms. The molecule has 0 radical (unpaired) electrons. The molecule has 17 heavy (non-hydrogen) atoms. The first-order chi connectivity index (χ1) is 8.15. The zero-order valence-electron chi connectivity index (χ0n) is 11.2. The van der Waals surface area contributed by atoms with Crippen molar-refractivity contribution < 1.29 is 0 Å². The minimum atomic E-state index is 0.638. The van der Waals surface area contributed by atoms with Crippen molar-refractivity contribution in [3.8, 4) is 0 Å². The van der Waals surface area contributed by atoms with Crippen LogP contribution in [-0.2, 0) is 6.54 Å². The van der Waals surface area contributed by atoms with Gasteiger partial charge in [0.1, 0.15) is 0 Å². The standard InChI is InChI=1S/C15H24ClN/c1-12(10-16)6-5-9-17-11-15-13(2)7-4-8-14(15)3/h4,7-8,12,17H,5-6,9-11H2,1-3H3. The summed E-state index contributed by atoms with van der Waals surface area (Å²) in [5.74, 6) is 1.41. The van der Waals surface area contributed by atoms with E-state index in [4.69, 9.17) is 11.6 Å².